The van der Waals surface area contributed by atoms with E-state index in [1.165, 1.54) is 6.33 Å². The first-order valence-electron chi connectivity index (χ1n) is 7.88. The van der Waals surface area contributed by atoms with Crippen LogP contribution in [0, 0.1) is 0 Å². The van der Waals surface area contributed by atoms with Gasteiger partial charge in [0.2, 0.25) is 0 Å². The number of nitrogens with zero attached hydrogens (tertiary/aromatic N) is 2. The highest BCUT2D eigenvalue weighted by Crippen LogP contribution is 2.27. The second-order valence-corrected chi connectivity index (χ2v) is 5.56. The van der Waals surface area contributed by atoms with Gasteiger partial charge in [-0.3, -0.25) is 0 Å². The Balaban J connectivity index is 1.55. The summed E-state index contributed by atoms with van der Waals surface area (Å²) in [5.74, 6) is 2.32. The second-order valence-electron chi connectivity index (χ2n) is 5.56. The molecule has 0 unspecified atom stereocenters. The molecule has 122 valence electrons. The molecule has 0 radical (unpaired) electrons. The number of ether oxygens (including phenoxy) is 1. The van der Waals surface area contributed by atoms with E-state index in [0.29, 0.717) is 5.69 Å². The number of nitrogens with one attached hydrogen (secondary N) is 1. The van der Waals surface area contributed by atoms with Gasteiger partial charge in [-0.1, -0.05) is 18.2 Å². The summed E-state index contributed by atoms with van der Waals surface area (Å²) in [5.41, 5.74) is 8.21. The molecular weight excluding hydrogens is 312 g/mol. The van der Waals surface area contributed by atoms with Gasteiger partial charge in [0.05, 0.1) is 5.52 Å². The number of benzene rings is 3. The van der Waals surface area contributed by atoms with Crippen LogP contribution in [0.1, 0.15) is 0 Å². The van der Waals surface area contributed by atoms with Crippen LogP contribution in [0.5, 0.6) is 11.5 Å². The fourth-order valence-corrected chi connectivity index (χ4v) is 2.54. The molecule has 4 aromatic rings. The van der Waals surface area contributed by atoms with Crippen molar-refractivity contribution in [1.82, 2.24) is 9.97 Å². The van der Waals surface area contributed by atoms with Crippen LogP contribution in [0.3, 0.4) is 0 Å². The van der Waals surface area contributed by atoms with Crippen molar-refractivity contribution in [2.45, 2.75) is 0 Å². The first kappa shape index (κ1) is 15.0. The summed E-state index contributed by atoms with van der Waals surface area (Å²) in [6.07, 6.45) is 1.52. The van der Waals surface area contributed by atoms with Crippen LogP contribution in [0.4, 0.5) is 17.2 Å². The predicted molar refractivity (Wildman–Crippen MR) is 100 cm³/mol. The summed E-state index contributed by atoms with van der Waals surface area (Å²) in [6, 6.07) is 23.0. The Morgan fingerprint density at radius 2 is 1.56 bits per heavy atom. The van der Waals surface area contributed by atoms with Crippen molar-refractivity contribution < 1.29 is 4.74 Å². The molecule has 0 aliphatic rings. The highest BCUT2D eigenvalue weighted by Gasteiger charge is 2.05. The molecule has 0 amide bonds. The summed E-state index contributed by atoms with van der Waals surface area (Å²) in [4.78, 5) is 8.58. The summed E-state index contributed by atoms with van der Waals surface area (Å²) in [5, 5.41) is 4.23. The number of hydrogen-bond donors (Lipinski definition) is 2. The number of aromatic nitrogens is 2. The number of hydrogen-bond acceptors (Lipinski definition) is 5. The van der Waals surface area contributed by atoms with Gasteiger partial charge in [-0.25, -0.2) is 9.97 Å². The Bertz CT molecular complexity index is 1000. The Morgan fingerprint density at radius 3 is 2.36 bits per heavy atom. The van der Waals surface area contributed by atoms with Gasteiger partial charge in [-0.15, -0.1) is 0 Å². The first-order chi connectivity index (χ1) is 12.3. The van der Waals surface area contributed by atoms with E-state index < -0.39 is 0 Å². The van der Waals surface area contributed by atoms with Gasteiger partial charge in [-0.05, 0) is 54.6 Å². The molecule has 5 nitrogen and oxygen atoms in total. The lowest BCUT2D eigenvalue weighted by molar-refractivity contribution is 0.483. The fraction of sp³-hybridized carbons (Fsp3) is 0. The van der Waals surface area contributed by atoms with E-state index >= 15 is 0 Å². The molecule has 3 N–H and O–H groups in total. The lowest BCUT2D eigenvalue weighted by Crippen LogP contribution is -1.96. The number of rotatable bonds is 4. The van der Waals surface area contributed by atoms with Crippen molar-refractivity contribution in [3.05, 3.63) is 79.1 Å². The number of nitrogens with two attached hydrogens (primary N) is 1. The number of anilines is 3. The van der Waals surface area contributed by atoms with E-state index in [-0.39, 0.29) is 0 Å². The molecule has 0 atom stereocenters. The van der Waals surface area contributed by atoms with Gasteiger partial charge in [0.1, 0.15) is 23.6 Å². The van der Waals surface area contributed by atoms with E-state index in [0.717, 1.165) is 33.9 Å². The lowest BCUT2D eigenvalue weighted by atomic mass is 10.2. The van der Waals surface area contributed by atoms with Crippen LogP contribution in [-0.2, 0) is 0 Å². The third kappa shape index (κ3) is 3.35. The SMILES string of the molecule is Nc1ccc2c(Nc3ccc(Oc4ccccc4)cc3)ncnc2c1. The van der Waals surface area contributed by atoms with Gasteiger partial charge >= 0.3 is 0 Å². The summed E-state index contributed by atoms with van der Waals surface area (Å²) < 4.78 is 5.80. The zero-order chi connectivity index (χ0) is 17.1. The van der Waals surface area contributed by atoms with Crippen LogP contribution >= 0.6 is 0 Å². The Labute approximate surface area is 145 Å². The summed E-state index contributed by atoms with van der Waals surface area (Å²) >= 11 is 0. The standard InChI is InChI=1S/C20H16N4O/c21-14-6-11-18-19(12-14)22-13-23-20(18)24-15-7-9-17(10-8-15)25-16-4-2-1-3-5-16/h1-13H,21H2,(H,22,23,24). The fourth-order valence-electron chi connectivity index (χ4n) is 2.54. The molecule has 1 aromatic heterocycles. The number of para-hydroxylation sites is 1. The molecule has 0 spiro atoms. The second kappa shape index (κ2) is 6.49. The minimum Gasteiger partial charge on any atom is -0.457 e. The highest BCUT2D eigenvalue weighted by atomic mass is 16.5. The van der Waals surface area contributed by atoms with Crippen LogP contribution in [-0.4, -0.2) is 9.97 Å². The van der Waals surface area contributed by atoms with Crippen molar-refractivity contribution in [3.63, 3.8) is 0 Å². The molecule has 1 heterocycles. The average molecular weight is 328 g/mol. The van der Waals surface area contributed by atoms with Crippen molar-refractivity contribution >= 4 is 28.1 Å². The van der Waals surface area contributed by atoms with Crippen molar-refractivity contribution in [3.8, 4) is 11.5 Å². The Kier molecular flexibility index (Phi) is 3.88. The minimum atomic E-state index is 0.680. The molecule has 0 aliphatic heterocycles. The maximum atomic E-state index is 5.81. The third-order valence-electron chi connectivity index (χ3n) is 3.76. The van der Waals surface area contributed by atoms with Gasteiger partial charge in [0.25, 0.3) is 0 Å². The molecule has 25 heavy (non-hydrogen) atoms. The average Bonchev–Trinajstić information content (AvgIpc) is 2.64. The topological polar surface area (TPSA) is 73.1 Å². The molecule has 0 fully saturated rings. The molecule has 0 saturated heterocycles. The predicted octanol–water partition coefficient (Wildman–Crippen LogP) is 4.75. The number of nitrogen functional groups attached to an aromatic ring is 1. The lowest BCUT2D eigenvalue weighted by Gasteiger charge is -2.10. The van der Waals surface area contributed by atoms with E-state index in [1.807, 2.05) is 72.8 Å². The van der Waals surface area contributed by atoms with E-state index in [9.17, 15) is 0 Å². The van der Waals surface area contributed by atoms with Gasteiger partial charge in [0, 0.05) is 16.8 Å². The van der Waals surface area contributed by atoms with Gasteiger partial charge < -0.3 is 15.8 Å². The summed E-state index contributed by atoms with van der Waals surface area (Å²) in [6.45, 7) is 0. The van der Waals surface area contributed by atoms with Crippen LogP contribution in [0.25, 0.3) is 10.9 Å². The molecule has 5 heteroatoms. The largest absolute Gasteiger partial charge is 0.457 e. The monoisotopic (exact) mass is 328 g/mol. The number of fused-ring (bicyclic) bond motifs is 1. The molecule has 0 bridgehead atoms. The van der Waals surface area contributed by atoms with Crippen LogP contribution in [0.2, 0.25) is 0 Å². The summed E-state index contributed by atoms with van der Waals surface area (Å²) in [7, 11) is 0. The van der Waals surface area contributed by atoms with Gasteiger partial charge in [-0.2, -0.15) is 0 Å². The van der Waals surface area contributed by atoms with E-state index in [4.69, 9.17) is 10.5 Å². The maximum absolute atomic E-state index is 5.81. The van der Waals surface area contributed by atoms with E-state index in [2.05, 4.69) is 15.3 Å². The minimum absolute atomic E-state index is 0.680. The highest BCUT2D eigenvalue weighted by molar-refractivity contribution is 5.92. The molecule has 0 aliphatic carbocycles. The van der Waals surface area contributed by atoms with E-state index in [1.54, 1.807) is 0 Å². The molecule has 3 aromatic carbocycles. The first-order valence-corrected chi connectivity index (χ1v) is 7.88. The Morgan fingerprint density at radius 1 is 0.800 bits per heavy atom. The van der Waals surface area contributed by atoms with Crippen LogP contribution < -0.4 is 15.8 Å². The maximum Gasteiger partial charge on any atom is 0.141 e. The van der Waals surface area contributed by atoms with Crippen molar-refractivity contribution in [2.75, 3.05) is 11.1 Å². The molecule has 0 saturated carbocycles. The zero-order valence-electron chi connectivity index (χ0n) is 13.4. The van der Waals surface area contributed by atoms with Crippen LogP contribution in [0.15, 0.2) is 79.1 Å². The smallest absolute Gasteiger partial charge is 0.141 e. The Hall–Kier alpha value is -3.60. The van der Waals surface area contributed by atoms with Crippen molar-refractivity contribution in [2.24, 2.45) is 0 Å². The zero-order valence-corrected chi connectivity index (χ0v) is 13.4. The van der Waals surface area contributed by atoms with Gasteiger partial charge in [0.15, 0.2) is 0 Å². The molecular formula is C20H16N4O. The molecule has 4 rings (SSSR count). The third-order valence-corrected chi connectivity index (χ3v) is 3.76. The normalized spacial score (nSPS) is 10.6. The quantitative estimate of drug-likeness (QED) is 0.529. The van der Waals surface area contributed by atoms with Crippen molar-refractivity contribution in [1.29, 1.82) is 0 Å².